The number of carbonyl (C=O) groups is 1. The Morgan fingerprint density at radius 3 is 1.59 bits per heavy atom. The third-order valence-corrected chi connectivity index (χ3v) is 8.18. The highest BCUT2D eigenvalue weighted by molar-refractivity contribution is 6.00. The van der Waals surface area contributed by atoms with Crippen LogP contribution in [0.2, 0.25) is 0 Å². The largest absolute Gasteiger partial charge is 0.354 e. The van der Waals surface area contributed by atoms with E-state index < -0.39 is 5.41 Å². The molecule has 6 rings (SSSR count). The van der Waals surface area contributed by atoms with E-state index in [2.05, 4.69) is 133 Å². The zero-order valence-electron chi connectivity index (χ0n) is 22.1. The summed E-state index contributed by atoms with van der Waals surface area (Å²) in [6.07, 6.45) is 2.61. The van der Waals surface area contributed by atoms with Crippen LogP contribution >= 0.6 is 0 Å². The van der Waals surface area contributed by atoms with Crippen LogP contribution in [0.4, 0.5) is 0 Å². The standard InChI is InChI=1S/C37H33NO/c39-36(38-27-33(29-18-6-2-7-19-29)30-20-8-3-9-21-30)37(26-14-17-28-15-4-1-5-16-28)34-24-12-10-22-31(34)32-23-11-13-25-35(32)37/h1-13,15-16,18-25,33H,14,17,26-27H2,(H,38,39). The number of aryl methyl sites for hydroxylation is 1. The molecule has 0 aromatic heterocycles. The lowest BCUT2D eigenvalue weighted by atomic mass is 9.73. The van der Waals surface area contributed by atoms with Gasteiger partial charge in [-0.15, -0.1) is 0 Å². The average molecular weight is 508 g/mol. The van der Waals surface area contributed by atoms with Gasteiger partial charge in [-0.05, 0) is 58.2 Å². The van der Waals surface area contributed by atoms with Gasteiger partial charge in [-0.2, -0.15) is 0 Å². The van der Waals surface area contributed by atoms with E-state index in [1.54, 1.807) is 0 Å². The van der Waals surface area contributed by atoms with Crippen molar-refractivity contribution in [2.45, 2.75) is 30.6 Å². The highest BCUT2D eigenvalue weighted by Crippen LogP contribution is 2.51. The molecule has 2 nitrogen and oxygen atoms in total. The molecular weight excluding hydrogens is 474 g/mol. The lowest BCUT2D eigenvalue weighted by Gasteiger charge is -2.32. The fourth-order valence-electron chi connectivity index (χ4n) is 6.30. The van der Waals surface area contributed by atoms with Crippen molar-refractivity contribution in [2.75, 3.05) is 6.54 Å². The monoisotopic (exact) mass is 507 g/mol. The summed E-state index contributed by atoms with van der Waals surface area (Å²) in [4.78, 5) is 14.6. The summed E-state index contributed by atoms with van der Waals surface area (Å²) < 4.78 is 0. The molecule has 0 unspecified atom stereocenters. The minimum Gasteiger partial charge on any atom is -0.354 e. The summed E-state index contributed by atoms with van der Waals surface area (Å²) in [5.74, 6) is 0.162. The van der Waals surface area contributed by atoms with E-state index in [9.17, 15) is 4.79 Å². The van der Waals surface area contributed by atoms with Crippen molar-refractivity contribution in [1.29, 1.82) is 0 Å². The number of nitrogens with one attached hydrogen (secondary N) is 1. The molecule has 39 heavy (non-hydrogen) atoms. The zero-order chi connectivity index (χ0) is 26.5. The first kappa shape index (κ1) is 24.9. The summed E-state index contributed by atoms with van der Waals surface area (Å²) in [7, 11) is 0. The molecule has 192 valence electrons. The Balaban J connectivity index is 1.35. The van der Waals surface area contributed by atoms with Crippen molar-refractivity contribution >= 4 is 5.91 Å². The smallest absolute Gasteiger partial charge is 0.235 e. The molecule has 1 aliphatic carbocycles. The molecule has 0 fully saturated rings. The van der Waals surface area contributed by atoms with Crippen molar-refractivity contribution in [3.8, 4) is 11.1 Å². The summed E-state index contributed by atoms with van der Waals surface area (Å²) >= 11 is 0. The van der Waals surface area contributed by atoms with E-state index in [4.69, 9.17) is 0 Å². The Hall–Kier alpha value is -4.43. The van der Waals surface area contributed by atoms with Gasteiger partial charge in [0.05, 0.1) is 0 Å². The first-order valence-electron chi connectivity index (χ1n) is 13.9. The quantitative estimate of drug-likeness (QED) is 0.216. The van der Waals surface area contributed by atoms with Crippen LogP contribution in [0.25, 0.3) is 11.1 Å². The van der Waals surface area contributed by atoms with Crippen LogP contribution in [0.5, 0.6) is 0 Å². The van der Waals surface area contributed by atoms with Gasteiger partial charge in [0, 0.05) is 12.5 Å². The highest BCUT2D eigenvalue weighted by atomic mass is 16.2. The molecular formula is C37H33NO. The van der Waals surface area contributed by atoms with Crippen LogP contribution in [0, 0.1) is 0 Å². The maximum Gasteiger partial charge on any atom is 0.235 e. The Labute approximate surface area is 231 Å². The van der Waals surface area contributed by atoms with Gasteiger partial charge in [0.15, 0.2) is 0 Å². The molecule has 0 atom stereocenters. The van der Waals surface area contributed by atoms with Crippen LogP contribution in [0.15, 0.2) is 140 Å². The summed E-state index contributed by atoms with van der Waals surface area (Å²) in [6, 6.07) is 48.5. The zero-order valence-corrected chi connectivity index (χ0v) is 22.1. The van der Waals surface area contributed by atoms with Crippen LogP contribution in [-0.2, 0) is 16.6 Å². The van der Waals surface area contributed by atoms with Gasteiger partial charge in [0.25, 0.3) is 0 Å². The normalized spacial score (nSPS) is 13.1. The lowest BCUT2D eigenvalue weighted by Crippen LogP contribution is -2.45. The molecule has 5 aromatic rings. The van der Waals surface area contributed by atoms with E-state index in [1.165, 1.54) is 27.8 Å². The third-order valence-electron chi connectivity index (χ3n) is 8.18. The van der Waals surface area contributed by atoms with Crippen molar-refractivity contribution in [1.82, 2.24) is 5.32 Å². The molecule has 0 radical (unpaired) electrons. The molecule has 0 saturated carbocycles. The molecule has 0 spiro atoms. The number of benzene rings is 5. The first-order valence-corrected chi connectivity index (χ1v) is 13.9. The van der Waals surface area contributed by atoms with E-state index in [0.29, 0.717) is 6.54 Å². The van der Waals surface area contributed by atoms with E-state index in [0.717, 1.165) is 30.4 Å². The number of carbonyl (C=O) groups excluding carboxylic acids is 1. The minimum absolute atomic E-state index is 0.0737. The van der Waals surface area contributed by atoms with Crippen molar-refractivity contribution in [3.63, 3.8) is 0 Å². The van der Waals surface area contributed by atoms with Gasteiger partial charge in [0.2, 0.25) is 5.91 Å². The Bertz CT molecular complexity index is 1460. The van der Waals surface area contributed by atoms with Gasteiger partial charge < -0.3 is 5.32 Å². The molecule has 1 N–H and O–H groups in total. The molecule has 5 aromatic carbocycles. The molecule has 0 saturated heterocycles. The van der Waals surface area contributed by atoms with Crippen LogP contribution in [0.1, 0.15) is 46.6 Å². The maximum absolute atomic E-state index is 14.6. The summed E-state index contributed by atoms with van der Waals surface area (Å²) in [5, 5.41) is 3.45. The van der Waals surface area contributed by atoms with Gasteiger partial charge in [0.1, 0.15) is 5.41 Å². The molecule has 2 heteroatoms. The Morgan fingerprint density at radius 2 is 1.05 bits per heavy atom. The second-order valence-electron chi connectivity index (χ2n) is 10.4. The van der Waals surface area contributed by atoms with Crippen LogP contribution in [-0.4, -0.2) is 12.5 Å². The van der Waals surface area contributed by atoms with Crippen LogP contribution in [0.3, 0.4) is 0 Å². The van der Waals surface area contributed by atoms with Gasteiger partial charge in [-0.25, -0.2) is 0 Å². The molecule has 0 aliphatic heterocycles. The third kappa shape index (κ3) is 4.79. The van der Waals surface area contributed by atoms with Gasteiger partial charge in [-0.1, -0.05) is 140 Å². The molecule has 1 amide bonds. The Kier molecular flexibility index (Phi) is 7.10. The highest BCUT2D eigenvalue weighted by Gasteiger charge is 2.48. The second-order valence-corrected chi connectivity index (χ2v) is 10.4. The SMILES string of the molecule is O=C(NCC(c1ccccc1)c1ccccc1)C1(CCCc2ccccc2)c2ccccc2-c2ccccc21. The predicted octanol–water partition coefficient (Wildman–Crippen LogP) is 7.92. The summed E-state index contributed by atoms with van der Waals surface area (Å²) in [5.41, 5.74) is 7.57. The van der Waals surface area contributed by atoms with E-state index in [-0.39, 0.29) is 11.8 Å². The lowest BCUT2D eigenvalue weighted by molar-refractivity contribution is -0.125. The van der Waals surface area contributed by atoms with Gasteiger partial charge in [-0.3, -0.25) is 4.79 Å². The molecule has 0 bridgehead atoms. The van der Waals surface area contributed by atoms with E-state index in [1.807, 2.05) is 12.1 Å². The van der Waals surface area contributed by atoms with E-state index >= 15 is 0 Å². The molecule has 0 heterocycles. The topological polar surface area (TPSA) is 29.1 Å². The first-order chi connectivity index (χ1) is 19.3. The summed E-state index contributed by atoms with van der Waals surface area (Å²) in [6.45, 7) is 0.539. The number of fused-ring (bicyclic) bond motifs is 3. The average Bonchev–Trinajstić information content (AvgIpc) is 3.30. The fraction of sp³-hybridized carbons (Fsp3) is 0.162. The predicted molar refractivity (Wildman–Crippen MR) is 160 cm³/mol. The number of rotatable bonds is 9. The number of amides is 1. The number of hydrogen-bond acceptors (Lipinski definition) is 1. The minimum atomic E-state index is -0.722. The Morgan fingerprint density at radius 1 is 0.590 bits per heavy atom. The van der Waals surface area contributed by atoms with Crippen molar-refractivity contribution in [2.24, 2.45) is 0 Å². The van der Waals surface area contributed by atoms with Crippen LogP contribution < -0.4 is 5.32 Å². The van der Waals surface area contributed by atoms with Gasteiger partial charge >= 0.3 is 0 Å². The van der Waals surface area contributed by atoms with Crippen molar-refractivity contribution < 1.29 is 4.79 Å². The number of hydrogen-bond donors (Lipinski definition) is 1. The van der Waals surface area contributed by atoms with Crippen molar-refractivity contribution in [3.05, 3.63) is 167 Å². The molecule has 1 aliphatic rings. The maximum atomic E-state index is 14.6. The fourth-order valence-corrected chi connectivity index (χ4v) is 6.30. The second kappa shape index (κ2) is 11.1.